The number of benzene rings is 2. The molecule has 2 aromatic rings. The summed E-state index contributed by atoms with van der Waals surface area (Å²) in [6.45, 7) is 11.3. The molecule has 3 nitrogen and oxygen atoms in total. The maximum absolute atomic E-state index is 12.4. The zero-order valence-corrected chi connectivity index (χ0v) is 17.3. The first kappa shape index (κ1) is 21.0. The van der Waals surface area contributed by atoms with Gasteiger partial charge >= 0.3 is 0 Å². The molecule has 146 valence electrons. The molecule has 1 atom stereocenters. The van der Waals surface area contributed by atoms with E-state index in [0.717, 1.165) is 18.6 Å². The summed E-state index contributed by atoms with van der Waals surface area (Å²) < 4.78 is 5.91. The highest BCUT2D eigenvalue weighted by Crippen LogP contribution is 2.24. The Morgan fingerprint density at radius 3 is 2.22 bits per heavy atom. The van der Waals surface area contributed by atoms with Crippen LogP contribution in [0.3, 0.4) is 0 Å². The molecular weight excluding hydrogens is 334 g/mol. The van der Waals surface area contributed by atoms with Crippen molar-refractivity contribution in [3.05, 3.63) is 65.2 Å². The summed E-state index contributed by atoms with van der Waals surface area (Å²) in [6.07, 6.45) is 2.08. The smallest absolute Gasteiger partial charge is 0.261 e. The van der Waals surface area contributed by atoms with E-state index in [1.54, 1.807) is 0 Å². The minimum atomic E-state index is -0.454. The van der Waals surface area contributed by atoms with Crippen LogP contribution in [0.15, 0.2) is 48.5 Å². The van der Waals surface area contributed by atoms with E-state index >= 15 is 0 Å². The number of hydrogen-bond acceptors (Lipinski definition) is 2. The molecule has 2 aromatic carbocycles. The second-order valence-corrected chi connectivity index (χ2v) is 8.17. The van der Waals surface area contributed by atoms with E-state index in [-0.39, 0.29) is 11.3 Å². The number of rotatable bonds is 8. The first-order valence-electron chi connectivity index (χ1n) is 9.90. The van der Waals surface area contributed by atoms with Gasteiger partial charge in [-0.2, -0.15) is 0 Å². The second-order valence-electron chi connectivity index (χ2n) is 8.17. The van der Waals surface area contributed by atoms with Crippen molar-refractivity contribution in [3.63, 3.8) is 0 Å². The largest absolute Gasteiger partial charge is 0.481 e. The number of carbonyl (C=O) groups is 1. The minimum absolute atomic E-state index is 0.0405. The molecule has 0 aliphatic heterocycles. The first-order chi connectivity index (χ1) is 12.8. The van der Waals surface area contributed by atoms with E-state index in [0.29, 0.717) is 13.0 Å². The van der Waals surface area contributed by atoms with Crippen LogP contribution in [0, 0.1) is 6.92 Å². The molecule has 0 radical (unpaired) electrons. The lowest BCUT2D eigenvalue weighted by Crippen LogP contribution is -2.38. The van der Waals surface area contributed by atoms with Crippen LogP contribution in [0.1, 0.15) is 57.2 Å². The zero-order chi connectivity index (χ0) is 19.9. The highest BCUT2D eigenvalue weighted by molar-refractivity contribution is 5.81. The van der Waals surface area contributed by atoms with Gasteiger partial charge in [-0.25, -0.2) is 0 Å². The highest BCUT2D eigenvalue weighted by Gasteiger charge is 2.18. The summed E-state index contributed by atoms with van der Waals surface area (Å²) in [4.78, 5) is 12.4. The quantitative estimate of drug-likeness (QED) is 0.651. The number of nitrogens with one attached hydrogen (secondary N) is 1. The average molecular weight is 368 g/mol. The van der Waals surface area contributed by atoms with Crippen molar-refractivity contribution in [1.82, 2.24) is 5.32 Å². The molecule has 0 aromatic heterocycles. The number of aryl methyl sites for hydroxylation is 2. The van der Waals surface area contributed by atoms with Crippen molar-refractivity contribution in [3.8, 4) is 5.75 Å². The Kier molecular flexibility index (Phi) is 7.46. The predicted octanol–water partition coefficient (Wildman–Crippen LogP) is 5.20. The van der Waals surface area contributed by atoms with E-state index in [1.807, 2.05) is 19.1 Å². The van der Waals surface area contributed by atoms with Gasteiger partial charge in [0.05, 0.1) is 0 Å². The van der Waals surface area contributed by atoms with Gasteiger partial charge in [0.15, 0.2) is 6.10 Å². The SMILES string of the molecule is CCC(Oc1ccc(C(C)(C)C)cc1)C(=O)NCCCc1ccc(C)cc1. The van der Waals surface area contributed by atoms with Crippen LogP contribution in [0.25, 0.3) is 0 Å². The van der Waals surface area contributed by atoms with E-state index < -0.39 is 6.10 Å². The molecule has 0 saturated carbocycles. The summed E-state index contributed by atoms with van der Waals surface area (Å²) in [5.74, 6) is 0.700. The molecule has 0 bridgehead atoms. The van der Waals surface area contributed by atoms with E-state index in [2.05, 4.69) is 69.4 Å². The van der Waals surface area contributed by atoms with Crippen molar-refractivity contribution in [2.75, 3.05) is 6.54 Å². The fraction of sp³-hybridized carbons (Fsp3) is 0.458. The zero-order valence-electron chi connectivity index (χ0n) is 17.3. The van der Waals surface area contributed by atoms with Crippen LogP contribution >= 0.6 is 0 Å². The number of hydrogen-bond donors (Lipinski definition) is 1. The van der Waals surface area contributed by atoms with E-state index in [4.69, 9.17) is 4.74 Å². The molecule has 0 aliphatic carbocycles. The Labute approximate surface area is 164 Å². The van der Waals surface area contributed by atoms with Crippen molar-refractivity contribution in [2.24, 2.45) is 0 Å². The average Bonchev–Trinajstić information content (AvgIpc) is 2.64. The molecule has 1 unspecified atom stereocenters. The third-order valence-corrected chi connectivity index (χ3v) is 4.72. The van der Waals surface area contributed by atoms with Crippen LogP contribution in [0.4, 0.5) is 0 Å². The molecule has 1 amide bonds. The van der Waals surface area contributed by atoms with Gasteiger partial charge in [-0.3, -0.25) is 4.79 Å². The predicted molar refractivity (Wildman–Crippen MR) is 112 cm³/mol. The Balaban J connectivity index is 1.80. The molecule has 0 spiro atoms. The lowest BCUT2D eigenvalue weighted by atomic mass is 9.87. The Morgan fingerprint density at radius 1 is 1.04 bits per heavy atom. The third-order valence-electron chi connectivity index (χ3n) is 4.72. The fourth-order valence-corrected chi connectivity index (χ4v) is 2.89. The topological polar surface area (TPSA) is 38.3 Å². The molecule has 3 heteroatoms. The molecular formula is C24H33NO2. The van der Waals surface area contributed by atoms with Crippen LogP contribution < -0.4 is 10.1 Å². The summed E-state index contributed by atoms with van der Waals surface area (Å²) >= 11 is 0. The van der Waals surface area contributed by atoms with Crippen LogP contribution in [0.5, 0.6) is 5.75 Å². The van der Waals surface area contributed by atoms with Gasteiger partial charge in [-0.05, 0) is 54.9 Å². The summed E-state index contributed by atoms with van der Waals surface area (Å²) in [6, 6.07) is 16.6. The molecule has 0 fully saturated rings. The number of ether oxygens (including phenoxy) is 1. The normalized spacial score (nSPS) is 12.5. The first-order valence-corrected chi connectivity index (χ1v) is 9.90. The van der Waals surface area contributed by atoms with Gasteiger partial charge in [0, 0.05) is 6.54 Å². The molecule has 0 saturated heterocycles. The summed E-state index contributed by atoms with van der Waals surface area (Å²) in [5, 5.41) is 3.01. The van der Waals surface area contributed by atoms with Crippen LogP contribution in [0.2, 0.25) is 0 Å². The third kappa shape index (κ3) is 6.74. The fourth-order valence-electron chi connectivity index (χ4n) is 2.89. The van der Waals surface area contributed by atoms with Crippen molar-refractivity contribution < 1.29 is 9.53 Å². The van der Waals surface area contributed by atoms with Gasteiger partial charge in [-0.15, -0.1) is 0 Å². The minimum Gasteiger partial charge on any atom is -0.481 e. The van der Waals surface area contributed by atoms with Crippen LogP contribution in [-0.2, 0) is 16.6 Å². The molecule has 1 N–H and O–H groups in total. The second kappa shape index (κ2) is 9.59. The highest BCUT2D eigenvalue weighted by atomic mass is 16.5. The lowest BCUT2D eigenvalue weighted by Gasteiger charge is -2.21. The van der Waals surface area contributed by atoms with Crippen LogP contribution in [-0.4, -0.2) is 18.6 Å². The van der Waals surface area contributed by atoms with Crippen molar-refractivity contribution in [1.29, 1.82) is 0 Å². The molecule has 0 aliphatic rings. The van der Waals surface area contributed by atoms with Gasteiger partial charge < -0.3 is 10.1 Å². The summed E-state index contributed by atoms with van der Waals surface area (Å²) in [5.41, 5.74) is 3.93. The molecule has 2 rings (SSSR count). The lowest BCUT2D eigenvalue weighted by molar-refractivity contribution is -0.128. The standard InChI is InChI=1S/C24H33NO2/c1-6-22(27-21-15-13-20(14-16-21)24(3,4)5)23(26)25-17-7-8-19-11-9-18(2)10-12-19/h9-16,22H,6-8,17H2,1-5H3,(H,25,26). The Bertz CT molecular complexity index is 712. The Morgan fingerprint density at radius 2 is 1.67 bits per heavy atom. The molecule has 0 heterocycles. The van der Waals surface area contributed by atoms with Gasteiger partial charge in [0.2, 0.25) is 0 Å². The number of carbonyl (C=O) groups excluding carboxylic acids is 1. The maximum Gasteiger partial charge on any atom is 0.261 e. The van der Waals surface area contributed by atoms with Gasteiger partial charge in [0.1, 0.15) is 5.75 Å². The Hall–Kier alpha value is -2.29. The van der Waals surface area contributed by atoms with Gasteiger partial charge in [0.25, 0.3) is 5.91 Å². The van der Waals surface area contributed by atoms with E-state index in [9.17, 15) is 4.79 Å². The monoisotopic (exact) mass is 367 g/mol. The van der Waals surface area contributed by atoms with Crippen molar-refractivity contribution in [2.45, 2.75) is 65.4 Å². The van der Waals surface area contributed by atoms with E-state index in [1.165, 1.54) is 16.7 Å². The summed E-state index contributed by atoms with van der Waals surface area (Å²) in [7, 11) is 0. The van der Waals surface area contributed by atoms with Gasteiger partial charge in [-0.1, -0.05) is 69.7 Å². The van der Waals surface area contributed by atoms with Crippen molar-refractivity contribution >= 4 is 5.91 Å². The number of amides is 1. The maximum atomic E-state index is 12.4. The molecule has 27 heavy (non-hydrogen) atoms.